The lowest BCUT2D eigenvalue weighted by molar-refractivity contribution is -0.144. The largest absolute Gasteiger partial charge is 0.467 e. The highest BCUT2D eigenvalue weighted by molar-refractivity contribution is 6.42. The maximum atomic E-state index is 13.4. The molecule has 0 heterocycles. The average Bonchev–Trinajstić information content (AvgIpc) is 3.08. The summed E-state index contributed by atoms with van der Waals surface area (Å²) in [6.45, 7) is 5.09. The zero-order valence-electron chi connectivity index (χ0n) is 26.0. The Morgan fingerprint density at radius 2 is 1.11 bits per heavy atom. The zero-order chi connectivity index (χ0) is 34.7. The molecule has 8 nitrogen and oxygen atoms in total. The molecule has 4 rings (SSSR count). The molecule has 0 N–H and O–H groups in total. The summed E-state index contributed by atoms with van der Waals surface area (Å²) in [6.07, 6.45) is 0. The van der Waals surface area contributed by atoms with Crippen LogP contribution < -0.4 is 9.80 Å². The van der Waals surface area contributed by atoms with E-state index in [4.69, 9.17) is 44.3 Å². The number of methoxy groups -OCH3 is 1. The van der Waals surface area contributed by atoms with Crippen molar-refractivity contribution in [2.75, 3.05) is 23.5 Å². The Balaban J connectivity index is 0.000000256. The van der Waals surface area contributed by atoms with Crippen LogP contribution >= 0.6 is 34.8 Å². The zero-order valence-corrected chi connectivity index (χ0v) is 28.2. The SMILES string of the molecule is CCOC(=O)C(C)N(C(=O)c1ccccc1)c1ccc(Cl)c(Cl)c1.COC(=O)C(C)N(C(=O)c1ccccc1)c1ccc(F)c(Cl)c1. The van der Waals surface area contributed by atoms with Gasteiger partial charge in [-0.25, -0.2) is 14.0 Å². The number of esters is 2. The van der Waals surface area contributed by atoms with E-state index in [2.05, 4.69) is 0 Å². The fourth-order valence-corrected chi connectivity index (χ4v) is 4.85. The first-order valence-corrected chi connectivity index (χ1v) is 15.5. The van der Waals surface area contributed by atoms with E-state index in [9.17, 15) is 23.6 Å². The van der Waals surface area contributed by atoms with Gasteiger partial charge in [-0.3, -0.25) is 19.4 Å². The van der Waals surface area contributed by atoms with Crippen LogP contribution in [-0.2, 0) is 19.1 Å². The summed E-state index contributed by atoms with van der Waals surface area (Å²) in [5.74, 6) is -2.42. The van der Waals surface area contributed by atoms with Gasteiger partial charge in [0.25, 0.3) is 11.8 Å². The van der Waals surface area contributed by atoms with Gasteiger partial charge in [-0.2, -0.15) is 0 Å². The van der Waals surface area contributed by atoms with Crippen molar-refractivity contribution >= 4 is 69.9 Å². The van der Waals surface area contributed by atoms with E-state index in [1.165, 1.54) is 36.0 Å². The number of benzene rings is 4. The third kappa shape index (κ3) is 9.54. The smallest absolute Gasteiger partial charge is 0.328 e. The van der Waals surface area contributed by atoms with E-state index >= 15 is 0 Å². The van der Waals surface area contributed by atoms with Gasteiger partial charge in [-0.15, -0.1) is 0 Å². The number of ether oxygens (including phenoxy) is 2. The summed E-state index contributed by atoms with van der Waals surface area (Å²) in [4.78, 5) is 52.4. The van der Waals surface area contributed by atoms with E-state index in [-0.39, 0.29) is 17.5 Å². The lowest BCUT2D eigenvalue weighted by Crippen LogP contribution is -2.44. The number of carbonyl (C=O) groups excluding carboxylic acids is 4. The third-order valence-corrected chi connectivity index (χ3v) is 7.82. The summed E-state index contributed by atoms with van der Waals surface area (Å²) in [6, 6.07) is 24.1. The minimum absolute atomic E-state index is 0.134. The topological polar surface area (TPSA) is 93.2 Å². The van der Waals surface area contributed by atoms with Crippen molar-refractivity contribution in [1.82, 2.24) is 0 Å². The van der Waals surface area contributed by atoms with Gasteiger partial charge in [0.2, 0.25) is 0 Å². The molecule has 246 valence electrons. The average molecular weight is 702 g/mol. The van der Waals surface area contributed by atoms with Gasteiger partial charge in [0.05, 0.1) is 28.8 Å². The summed E-state index contributed by atoms with van der Waals surface area (Å²) in [7, 11) is 1.24. The van der Waals surface area contributed by atoms with Crippen LogP contribution in [0, 0.1) is 5.82 Å². The first kappa shape index (κ1) is 37.0. The van der Waals surface area contributed by atoms with Gasteiger partial charge in [0.1, 0.15) is 17.9 Å². The first-order valence-electron chi connectivity index (χ1n) is 14.3. The summed E-state index contributed by atoms with van der Waals surface area (Å²) < 4.78 is 23.2. The number of nitrogens with zero attached hydrogens (tertiary/aromatic N) is 2. The highest BCUT2D eigenvalue weighted by Gasteiger charge is 2.31. The lowest BCUT2D eigenvalue weighted by Gasteiger charge is -2.28. The Hall–Kier alpha value is -4.44. The van der Waals surface area contributed by atoms with Crippen molar-refractivity contribution in [3.8, 4) is 0 Å². The van der Waals surface area contributed by atoms with Crippen LogP contribution in [-0.4, -0.2) is 49.6 Å². The highest BCUT2D eigenvalue weighted by Crippen LogP contribution is 2.30. The maximum Gasteiger partial charge on any atom is 0.328 e. The lowest BCUT2D eigenvalue weighted by atomic mass is 10.1. The van der Waals surface area contributed by atoms with Crippen LogP contribution in [0.4, 0.5) is 15.8 Å². The number of rotatable bonds is 9. The Bertz CT molecular complexity index is 1710. The summed E-state index contributed by atoms with van der Waals surface area (Å²) >= 11 is 17.8. The van der Waals surface area contributed by atoms with Gasteiger partial charge < -0.3 is 9.47 Å². The standard InChI is InChI=1S/C18H17Cl2NO3.C17H15ClFNO3/c1-3-24-18(23)12(2)21(14-9-10-15(19)16(20)11-14)17(22)13-7-5-4-6-8-13;1-11(17(22)23-2)20(13-8-9-15(19)14(18)10-13)16(21)12-6-4-3-5-7-12/h4-12H,3H2,1-2H3;3-11H,1-2H3. The highest BCUT2D eigenvalue weighted by atomic mass is 35.5. The molecule has 0 radical (unpaired) electrons. The predicted molar refractivity (Wildman–Crippen MR) is 182 cm³/mol. The van der Waals surface area contributed by atoms with E-state index in [0.29, 0.717) is 32.5 Å². The number of amides is 2. The van der Waals surface area contributed by atoms with Crippen LogP contribution in [0.1, 0.15) is 41.5 Å². The van der Waals surface area contributed by atoms with Crippen LogP contribution in [0.15, 0.2) is 97.1 Å². The van der Waals surface area contributed by atoms with Crippen LogP contribution in [0.3, 0.4) is 0 Å². The number of hydrogen-bond donors (Lipinski definition) is 0. The molecule has 0 bridgehead atoms. The maximum absolute atomic E-state index is 13.4. The van der Waals surface area contributed by atoms with Gasteiger partial charge in [0.15, 0.2) is 0 Å². The molecular weight excluding hydrogens is 670 g/mol. The van der Waals surface area contributed by atoms with Crippen molar-refractivity contribution in [1.29, 1.82) is 0 Å². The second-order valence-corrected chi connectivity index (χ2v) is 11.1. The number of carbonyl (C=O) groups is 4. The molecular formula is C35H32Cl3FN2O6. The van der Waals surface area contributed by atoms with Crippen LogP contribution in [0.25, 0.3) is 0 Å². The van der Waals surface area contributed by atoms with Crippen LogP contribution in [0.2, 0.25) is 15.1 Å². The quantitative estimate of drug-likeness (QED) is 0.163. The molecule has 2 unspecified atom stereocenters. The van der Waals surface area contributed by atoms with Gasteiger partial charge >= 0.3 is 11.9 Å². The molecule has 0 saturated heterocycles. The van der Waals surface area contributed by atoms with E-state index in [1.54, 1.807) is 86.6 Å². The Labute approximate surface area is 287 Å². The Kier molecular flexibility index (Phi) is 13.8. The molecule has 2 amide bonds. The molecule has 0 fully saturated rings. The van der Waals surface area contributed by atoms with Crippen molar-refractivity contribution in [3.63, 3.8) is 0 Å². The second kappa shape index (κ2) is 17.5. The fourth-order valence-electron chi connectivity index (χ4n) is 4.39. The van der Waals surface area contributed by atoms with Crippen molar-refractivity contribution < 1.29 is 33.0 Å². The molecule has 47 heavy (non-hydrogen) atoms. The van der Waals surface area contributed by atoms with E-state index in [0.717, 1.165) is 6.07 Å². The second-order valence-electron chi connectivity index (χ2n) is 9.91. The number of halogens is 4. The molecule has 4 aromatic carbocycles. The van der Waals surface area contributed by atoms with E-state index in [1.807, 2.05) is 6.07 Å². The Morgan fingerprint density at radius 1 is 0.660 bits per heavy atom. The fraction of sp³-hybridized carbons (Fsp3) is 0.200. The summed E-state index contributed by atoms with van der Waals surface area (Å²) in [5, 5.41) is 0.540. The van der Waals surface area contributed by atoms with Crippen molar-refractivity contribution in [3.05, 3.63) is 129 Å². The molecule has 0 aliphatic carbocycles. The molecule has 0 spiro atoms. The van der Waals surface area contributed by atoms with Crippen molar-refractivity contribution in [2.45, 2.75) is 32.9 Å². The Morgan fingerprint density at radius 3 is 1.53 bits per heavy atom. The molecule has 0 aromatic heterocycles. The molecule has 4 aromatic rings. The van der Waals surface area contributed by atoms with Crippen molar-refractivity contribution in [2.24, 2.45) is 0 Å². The third-order valence-electron chi connectivity index (χ3n) is 6.79. The van der Waals surface area contributed by atoms with Gasteiger partial charge in [0, 0.05) is 22.5 Å². The number of anilines is 2. The van der Waals surface area contributed by atoms with Crippen LogP contribution in [0.5, 0.6) is 0 Å². The minimum Gasteiger partial charge on any atom is -0.467 e. The monoisotopic (exact) mass is 700 g/mol. The van der Waals surface area contributed by atoms with Gasteiger partial charge in [-0.1, -0.05) is 71.2 Å². The van der Waals surface area contributed by atoms with E-state index < -0.39 is 35.7 Å². The molecule has 0 saturated carbocycles. The van der Waals surface area contributed by atoms with Gasteiger partial charge in [-0.05, 0) is 81.4 Å². The number of hydrogen-bond acceptors (Lipinski definition) is 6. The summed E-state index contributed by atoms with van der Waals surface area (Å²) in [5.41, 5.74) is 1.63. The molecule has 0 aliphatic rings. The first-order chi connectivity index (χ1) is 22.4. The minimum atomic E-state index is -0.894. The molecule has 12 heteroatoms. The predicted octanol–water partition coefficient (Wildman–Crippen LogP) is 8.28. The molecule has 2 atom stereocenters. The molecule has 0 aliphatic heterocycles. The normalized spacial score (nSPS) is 11.7.